The van der Waals surface area contributed by atoms with E-state index in [1.807, 2.05) is 0 Å². The summed E-state index contributed by atoms with van der Waals surface area (Å²) < 4.78 is 46.9. The highest BCUT2D eigenvalue weighted by atomic mass is 19.4. The molecule has 1 aliphatic rings. The summed E-state index contributed by atoms with van der Waals surface area (Å²) in [5, 5.41) is 0. The molecule has 1 heterocycles. The number of alkyl halides is 3. The Morgan fingerprint density at radius 2 is 1.48 bits per heavy atom. The van der Waals surface area contributed by atoms with Gasteiger partial charge in [0.1, 0.15) is 0 Å². The Hall–Kier alpha value is -0.290. The van der Waals surface area contributed by atoms with E-state index in [-0.39, 0.29) is 12.7 Å². The summed E-state index contributed by atoms with van der Waals surface area (Å²) in [6.07, 6.45) is 6.12. The topological polar surface area (TPSA) is 18.5 Å². The molecule has 1 atom stereocenters. The van der Waals surface area contributed by atoms with Gasteiger partial charge in [0, 0.05) is 19.6 Å². The first-order valence-corrected chi connectivity index (χ1v) is 8.38. The van der Waals surface area contributed by atoms with Crippen molar-refractivity contribution in [3.8, 4) is 0 Å². The summed E-state index contributed by atoms with van der Waals surface area (Å²) in [4.78, 5) is 0. The van der Waals surface area contributed by atoms with Crippen LogP contribution in [-0.2, 0) is 9.47 Å². The van der Waals surface area contributed by atoms with Crippen LogP contribution in [0.2, 0.25) is 0 Å². The van der Waals surface area contributed by atoms with Crippen molar-refractivity contribution >= 4 is 0 Å². The van der Waals surface area contributed by atoms with Gasteiger partial charge in [0.25, 0.3) is 0 Å². The third-order valence-electron chi connectivity index (χ3n) is 3.80. The lowest BCUT2D eigenvalue weighted by Crippen LogP contribution is -2.22. The normalized spacial score (nSPS) is 19.9. The summed E-state index contributed by atoms with van der Waals surface area (Å²) in [5.74, 6) is 0. The lowest BCUT2D eigenvalue weighted by Gasteiger charge is -2.22. The van der Waals surface area contributed by atoms with Crippen LogP contribution in [0, 0.1) is 0 Å². The Morgan fingerprint density at radius 1 is 0.857 bits per heavy atom. The average molecular weight is 310 g/mol. The number of unbranched alkanes of at least 4 members (excludes halogenated alkanes) is 7. The molecule has 126 valence electrons. The molecule has 21 heavy (non-hydrogen) atoms. The fourth-order valence-electron chi connectivity index (χ4n) is 2.55. The molecule has 1 rings (SSSR count). The van der Waals surface area contributed by atoms with Crippen molar-refractivity contribution in [2.75, 3.05) is 13.2 Å². The Balaban J connectivity index is 1.74. The smallest absolute Gasteiger partial charge is 0.353 e. The second kappa shape index (κ2) is 11.3. The first-order chi connectivity index (χ1) is 10.1. The van der Waals surface area contributed by atoms with Crippen molar-refractivity contribution in [1.29, 1.82) is 0 Å². The highest BCUT2D eigenvalue weighted by molar-refractivity contribution is 4.55. The molecule has 5 heteroatoms. The number of rotatable bonds is 11. The Bertz CT molecular complexity index is 238. The Morgan fingerprint density at radius 3 is 2.05 bits per heavy atom. The third kappa shape index (κ3) is 12.0. The minimum Gasteiger partial charge on any atom is -0.353 e. The van der Waals surface area contributed by atoms with E-state index in [9.17, 15) is 13.2 Å². The second-order valence-corrected chi connectivity index (χ2v) is 5.86. The molecule has 0 aromatic heterocycles. The fourth-order valence-corrected chi connectivity index (χ4v) is 2.55. The monoisotopic (exact) mass is 310 g/mol. The first kappa shape index (κ1) is 18.8. The zero-order chi connectivity index (χ0) is 15.4. The third-order valence-corrected chi connectivity index (χ3v) is 3.80. The standard InChI is InChI=1S/C16H29F3O2/c17-16(18,19)12-8-5-3-1-2-4-6-9-13-20-15-11-7-10-14-21-15/h15H,1-14H2. The van der Waals surface area contributed by atoms with E-state index in [0.717, 1.165) is 64.6 Å². The van der Waals surface area contributed by atoms with Crippen molar-refractivity contribution in [3.63, 3.8) is 0 Å². The SMILES string of the molecule is FC(F)(F)CCCCCCCCCCOC1CCCCO1. The summed E-state index contributed by atoms with van der Waals surface area (Å²) in [7, 11) is 0. The van der Waals surface area contributed by atoms with Crippen LogP contribution in [0.15, 0.2) is 0 Å². The molecular weight excluding hydrogens is 281 g/mol. The van der Waals surface area contributed by atoms with Gasteiger partial charge in [-0.05, 0) is 32.1 Å². The van der Waals surface area contributed by atoms with Gasteiger partial charge in [-0.1, -0.05) is 38.5 Å². The summed E-state index contributed by atoms with van der Waals surface area (Å²) in [6.45, 7) is 1.58. The van der Waals surface area contributed by atoms with Crippen LogP contribution in [0.3, 0.4) is 0 Å². The molecule has 0 saturated carbocycles. The van der Waals surface area contributed by atoms with E-state index in [4.69, 9.17) is 9.47 Å². The maximum Gasteiger partial charge on any atom is 0.389 e. The van der Waals surface area contributed by atoms with E-state index in [2.05, 4.69) is 0 Å². The quantitative estimate of drug-likeness (QED) is 0.462. The molecule has 0 aliphatic carbocycles. The van der Waals surface area contributed by atoms with E-state index in [1.54, 1.807) is 0 Å². The van der Waals surface area contributed by atoms with Gasteiger partial charge >= 0.3 is 6.18 Å². The number of hydrogen-bond acceptors (Lipinski definition) is 2. The molecule has 0 radical (unpaired) electrons. The average Bonchev–Trinajstić information content (AvgIpc) is 2.44. The highest BCUT2D eigenvalue weighted by Gasteiger charge is 2.25. The van der Waals surface area contributed by atoms with Crippen LogP contribution < -0.4 is 0 Å². The number of ether oxygens (including phenoxy) is 2. The van der Waals surface area contributed by atoms with Crippen LogP contribution in [0.1, 0.15) is 77.0 Å². The molecule has 0 N–H and O–H groups in total. The summed E-state index contributed by atoms with van der Waals surface area (Å²) in [5.41, 5.74) is 0. The summed E-state index contributed by atoms with van der Waals surface area (Å²) >= 11 is 0. The van der Waals surface area contributed by atoms with E-state index in [1.165, 1.54) is 6.42 Å². The van der Waals surface area contributed by atoms with Gasteiger partial charge < -0.3 is 9.47 Å². The fraction of sp³-hybridized carbons (Fsp3) is 1.00. The number of halogens is 3. The maximum atomic E-state index is 11.9. The van der Waals surface area contributed by atoms with Gasteiger partial charge in [0.15, 0.2) is 6.29 Å². The van der Waals surface area contributed by atoms with Gasteiger partial charge in [-0.2, -0.15) is 13.2 Å². The Labute approximate surface area is 126 Å². The van der Waals surface area contributed by atoms with Crippen LogP contribution in [0.4, 0.5) is 13.2 Å². The lowest BCUT2D eigenvalue weighted by atomic mass is 10.1. The van der Waals surface area contributed by atoms with Crippen molar-refractivity contribution in [2.45, 2.75) is 89.5 Å². The zero-order valence-electron chi connectivity index (χ0n) is 12.9. The van der Waals surface area contributed by atoms with Crippen molar-refractivity contribution in [1.82, 2.24) is 0 Å². The molecule has 0 aromatic carbocycles. The van der Waals surface area contributed by atoms with Gasteiger partial charge in [-0.15, -0.1) is 0 Å². The minimum atomic E-state index is -3.98. The molecular formula is C16H29F3O2. The van der Waals surface area contributed by atoms with Gasteiger partial charge in [0.05, 0.1) is 0 Å². The highest BCUT2D eigenvalue weighted by Crippen LogP contribution is 2.23. The second-order valence-electron chi connectivity index (χ2n) is 5.86. The Kier molecular flexibility index (Phi) is 10.1. The molecule has 1 aliphatic heterocycles. The van der Waals surface area contributed by atoms with Crippen LogP contribution in [-0.4, -0.2) is 25.7 Å². The van der Waals surface area contributed by atoms with Crippen LogP contribution in [0.25, 0.3) is 0 Å². The van der Waals surface area contributed by atoms with E-state index >= 15 is 0 Å². The summed E-state index contributed by atoms with van der Waals surface area (Å²) in [6, 6.07) is 0. The van der Waals surface area contributed by atoms with Crippen molar-refractivity contribution in [3.05, 3.63) is 0 Å². The maximum absolute atomic E-state index is 11.9. The minimum absolute atomic E-state index is 0.00684. The van der Waals surface area contributed by atoms with Gasteiger partial charge in [0.2, 0.25) is 0 Å². The van der Waals surface area contributed by atoms with E-state index < -0.39 is 12.6 Å². The van der Waals surface area contributed by atoms with Crippen molar-refractivity contribution in [2.24, 2.45) is 0 Å². The zero-order valence-corrected chi connectivity index (χ0v) is 12.9. The molecule has 1 fully saturated rings. The molecule has 1 unspecified atom stereocenters. The molecule has 0 spiro atoms. The van der Waals surface area contributed by atoms with Crippen LogP contribution >= 0.6 is 0 Å². The predicted octanol–water partition coefficient (Wildman–Crippen LogP) is 5.60. The van der Waals surface area contributed by atoms with Crippen LogP contribution in [0.5, 0.6) is 0 Å². The predicted molar refractivity (Wildman–Crippen MR) is 77.2 cm³/mol. The largest absolute Gasteiger partial charge is 0.389 e. The molecule has 0 amide bonds. The molecule has 1 saturated heterocycles. The molecule has 2 nitrogen and oxygen atoms in total. The van der Waals surface area contributed by atoms with Gasteiger partial charge in [-0.25, -0.2) is 0 Å². The van der Waals surface area contributed by atoms with Crippen molar-refractivity contribution < 1.29 is 22.6 Å². The van der Waals surface area contributed by atoms with Gasteiger partial charge in [-0.3, -0.25) is 0 Å². The molecule has 0 bridgehead atoms. The van der Waals surface area contributed by atoms with E-state index in [0.29, 0.717) is 6.42 Å². The number of hydrogen-bond donors (Lipinski definition) is 0. The lowest BCUT2D eigenvalue weighted by molar-refractivity contribution is -0.162. The molecule has 0 aromatic rings. The first-order valence-electron chi connectivity index (χ1n) is 8.38.